The molecule has 1 aliphatic carbocycles. The van der Waals surface area contributed by atoms with E-state index in [9.17, 15) is 4.79 Å². The molecule has 0 atom stereocenters. The van der Waals surface area contributed by atoms with E-state index in [4.69, 9.17) is 5.73 Å². The number of hydrogen-bond acceptors (Lipinski definition) is 4. The zero-order valence-electron chi connectivity index (χ0n) is 8.06. The minimum absolute atomic E-state index is 0.343. The maximum atomic E-state index is 11.4. The molecule has 1 aromatic heterocycles. The van der Waals surface area contributed by atoms with Crippen LogP contribution in [0, 0.1) is 0 Å². The van der Waals surface area contributed by atoms with Gasteiger partial charge in [0.1, 0.15) is 5.69 Å². The number of aromatic nitrogens is 2. The average molecular weight is 195 g/mol. The topological polar surface area (TPSA) is 70.1 Å². The van der Waals surface area contributed by atoms with Gasteiger partial charge in [-0.3, -0.25) is 4.68 Å². The van der Waals surface area contributed by atoms with E-state index in [0.29, 0.717) is 18.3 Å². The Morgan fingerprint density at radius 3 is 3.00 bits per heavy atom. The van der Waals surface area contributed by atoms with E-state index in [1.165, 1.54) is 7.11 Å². The van der Waals surface area contributed by atoms with Crippen molar-refractivity contribution in [2.75, 3.05) is 7.11 Å². The highest BCUT2D eigenvalue weighted by Crippen LogP contribution is 2.35. The average Bonchev–Trinajstić information content (AvgIpc) is 2.97. The summed E-state index contributed by atoms with van der Waals surface area (Å²) in [5, 5.41) is 4.25. The maximum Gasteiger partial charge on any atom is 0.356 e. The number of carbonyl (C=O) groups excluding carboxylic acids is 1. The first kappa shape index (κ1) is 9.21. The van der Waals surface area contributed by atoms with Crippen molar-refractivity contribution in [2.45, 2.75) is 25.4 Å². The first-order chi connectivity index (χ1) is 6.76. The lowest BCUT2D eigenvalue weighted by Gasteiger charge is -2.02. The Balaban J connectivity index is 2.34. The normalized spacial score (nSPS) is 15.6. The smallest absolute Gasteiger partial charge is 0.356 e. The number of rotatable bonds is 3. The van der Waals surface area contributed by atoms with Crippen molar-refractivity contribution in [2.24, 2.45) is 5.73 Å². The van der Waals surface area contributed by atoms with Gasteiger partial charge in [0.15, 0.2) is 0 Å². The maximum absolute atomic E-state index is 11.4. The van der Waals surface area contributed by atoms with E-state index in [2.05, 4.69) is 9.84 Å². The predicted octanol–water partition coefficient (Wildman–Crippen LogP) is 0.463. The fourth-order valence-corrected chi connectivity index (χ4v) is 1.40. The number of ether oxygens (including phenoxy) is 1. The van der Waals surface area contributed by atoms with Crippen LogP contribution in [0.3, 0.4) is 0 Å². The van der Waals surface area contributed by atoms with Crippen molar-refractivity contribution in [3.8, 4) is 0 Å². The first-order valence-corrected chi connectivity index (χ1v) is 4.63. The van der Waals surface area contributed by atoms with Gasteiger partial charge in [-0.1, -0.05) is 0 Å². The van der Waals surface area contributed by atoms with E-state index < -0.39 is 0 Å². The summed E-state index contributed by atoms with van der Waals surface area (Å²) in [5.41, 5.74) is 6.71. The highest BCUT2D eigenvalue weighted by molar-refractivity contribution is 5.87. The molecule has 0 amide bonds. The minimum atomic E-state index is -0.343. The zero-order chi connectivity index (χ0) is 10.1. The number of nitrogens with two attached hydrogens (primary N) is 1. The van der Waals surface area contributed by atoms with E-state index in [0.717, 1.165) is 18.5 Å². The third-order valence-corrected chi connectivity index (χ3v) is 2.28. The minimum Gasteiger partial charge on any atom is -0.464 e. The number of methoxy groups -OCH3 is 1. The van der Waals surface area contributed by atoms with Gasteiger partial charge in [-0.2, -0.15) is 5.10 Å². The predicted molar refractivity (Wildman–Crippen MR) is 49.7 cm³/mol. The molecule has 0 spiro atoms. The van der Waals surface area contributed by atoms with Crippen LogP contribution in [-0.2, 0) is 11.3 Å². The van der Waals surface area contributed by atoms with E-state index in [-0.39, 0.29) is 5.97 Å². The molecular formula is C9H13N3O2. The molecule has 14 heavy (non-hydrogen) atoms. The van der Waals surface area contributed by atoms with Gasteiger partial charge in [0.25, 0.3) is 0 Å². The molecule has 0 radical (unpaired) electrons. The van der Waals surface area contributed by atoms with Crippen LogP contribution in [0.25, 0.3) is 0 Å². The molecule has 0 saturated heterocycles. The third kappa shape index (κ3) is 1.50. The molecule has 0 bridgehead atoms. The van der Waals surface area contributed by atoms with E-state index in [1.807, 2.05) is 0 Å². The number of hydrogen-bond donors (Lipinski definition) is 1. The molecule has 1 aliphatic rings. The van der Waals surface area contributed by atoms with Gasteiger partial charge in [-0.25, -0.2) is 4.79 Å². The lowest BCUT2D eigenvalue weighted by atomic mass is 10.3. The van der Waals surface area contributed by atoms with Crippen molar-refractivity contribution in [1.82, 2.24) is 9.78 Å². The van der Waals surface area contributed by atoms with Gasteiger partial charge >= 0.3 is 5.97 Å². The summed E-state index contributed by atoms with van der Waals surface area (Å²) >= 11 is 0. The summed E-state index contributed by atoms with van der Waals surface area (Å²) < 4.78 is 6.40. The van der Waals surface area contributed by atoms with Crippen LogP contribution in [-0.4, -0.2) is 22.9 Å². The van der Waals surface area contributed by atoms with Crippen molar-refractivity contribution < 1.29 is 9.53 Å². The van der Waals surface area contributed by atoms with Crippen LogP contribution in [0.2, 0.25) is 0 Å². The number of carbonyl (C=O) groups is 1. The van der Waals surface area contributed by atoms with Crippen LogP contribution in [0.4, 0.5) is 0 Å². The van der Waals surface area contributed by atoms with Gasteiger partial charge in [0.2, 0.25) is 0 Å². The SMILES string of the molecule is COC(=O)c1cc(CN)nn1C1CC1. The largest absolute Gasteiger partial charge is 0.464 e. The molecule has 5 nitrogen and oxygen atoms in total. The quantitative estimate of drug-likeness (QED) is 0.711. The Morgan fingerprint density at radius 2 is 2.50 bits per heavy atom. The summed E-state index contributed by atoms with van der Waals surface area (Å²) in [4.78, 5) is 11.4. The Hall–Kier alpha value is -1.36. The van der Waals surface area contributed by atoms with Crippen LogP contribution in [0.15, 0.2) is 6.07 Å². The molecule has 0 aliphatic heterocycles. The number of nitrogens with zero attached hydrogens (tertiary/aromatic N) is 2. The van der Waals surface area contributed by atoms with Crippen LogP contribution in [0.5, 0.6) is 0 Å². The second kappa shape index (κ2) is 3.42. The fourth-order valence-electron chi connectivity index (χ4n) is 1.40. The molecule has 2 rings (SSSR count). The molecule has 0 unspecified atom stereocenters. The molecule has 1 saturated carbocycles. The van der Waals surface area contributed by atoms with Crippen molar-refractivity contribution in [3.05, 3.63) is 17.5 Å². The van der Waals surface area contributed by atoms with Crippen LogP contribution in [0.1, 0.15) is 35.1 Å². The van der Waals surface area contributed by atoms with E-state index >= 15 is 0 Å². The van der Waals surface area contributed by atoms with E-state index in [1.54, 1.807) is 10.7 Å². The highest BCUT2D eigenvalue weighted by atomic mass is 16.5. The molecule has 1 aromatic rings. The summed E-state index contributed by atoms with van der Waals surface area (Å²) in [7, 11) is 1.37. The van der Waals surface area contributed by atoms with Gasteiger partial charge in [-0.05, 0) is 18.9 Å². The Labute approximate surface area is 81.8 Å². The third-order valence-electron chi connectivity index (χ3n) is 2.28. The molecular weight excluding hydrogens is 182 g/mol. The Kier molecular flexibility index (Phi) is 2.25. The molecule has 5 heteroatoms. The van der Waals surface area contributed by atoms with Gasteiger partial charge in [-0.15, -0.1) is 0 Å². The monoisotopic (exact) mass is 195 g/mol. The highest BCUT2D eigenvalue weighted by Gasteiger charge is 2.29. The molecule has 76 valence electrons. The number of esters is 1. The van der Waals surface area contributed by atoms with Crippen molar-refractivity contribution in [1.29, 1.82) is 0 Å². The van der Waals surface area contributed by atoms with Crippen LogP contribution < -0.4 is 5.73 Å². The summed E-state index contributed by atoms with van der Waals surface area (Å²) in [6, 6.07) is 2.06. The lowest BCUT2D eigenvalue weighted by Crippen LogP contribution is -2.10. The van der Waals surface area contributed by atoms with Gasteiger partial charge < -0.3 is 10.5 Å². The molecule has 2 N–H and O–H groups in total. The Bertz CT molecular complexity index is 355. The fraction of sp³-hybridized carbons (Fsp3) is 0.556. The summed E-state index contributed by atoms with van der Waals surface area (Å²) in [6.07, 6.45) is 2.16. The first-order valence-electron chi connectivity index (χ1n) is 4.63. The Morgan fingerprint density at radius 1 is 1.79 bits per heavy atom. The summed E-state index contributed by atoms with van der Waals surface area (Å²) in [5.74, 6) is -0.343. The van der Waals surface area contributed by atoms with Gasteiger partial charge in [0, 0.05) is 6.54 Å². The molecule has 1 fully saturated rings. The van der Waals surface area contributed by atoms with Crippen molar-refractivity contribution >= 4 is 5.97 Å². The standard InChI is InChI=1S/C9H13N3O2/c1-14-9(13)8-4-6(5-10)11-12(8)7-2-3-7/h4,7H,2-3,5,10H2,1H3. The molecule has 0 aromatic carbocycles. The molecule has 1 heterocycles. The zero-order valence-corrected chi connectivity index (χ0v) is 8.06. The van der Waals surface area contributed by atoms with Crippen molar-refractivity contribution in [3.63, 3.8) is 0 Å². The van der Waals surface area contributed by atoms with Crippen LogP contribution >= 0.6 is 0 Å². The second-order valence-electron chi connectivity index (χ2n) is 3.39. The second-order valence-corrected chi connectivity index (χ2v) is 3.39. The lowest BCUT2D eigenvalue weighted by molar-refractivity contribution is 0.0586. The summed E-state index contributed by atoms with van der Waals surface area (Å²) in [6.45, 7) is 0.351. The van der Waals surface area contributed by atoms with Gasteiger partial charge in [0.05, 0.1) is 18.8 Å².